The highest BCUT2D eigenvalue weighted by molar-refractivity contribution is 5.81. The van der Waals surface area contributed by atoms with Crippen LogP contribution < -0.4 is 0 Å². The number of nitrogens with zero attached hydrogens (tertiary/aromatic N) is 3. The van der Waals surface area contributed by atoms with Crippen LogP contribution in [-0.4, -0.2) is 21.0 Å². The maximum absolute atomic E-state index is 10.7. The van der Waals surface area contributed by atoms with E-state index in [1.165, 1.54) is 0 Å². The van der Waals surface area contributed by atoms with Gasteiger partial charge in [-0.05, 0) is 6.92 Å². The molecule has 5 nitrogen and oxygen atoms in total. The van der Waals surface area contributed by atoms with Gasteiger partial charge in [-0.1, -0.05) is 11.8 Å². The molecule has 70 valence electrons. The second kappa shape index (κ2) is 4.39. The number of ether oxygens (including phenoxy) is 1. The smallest absolute Gasteiger partial charge is 0.330 e. The Morgan fingerprint density at radius 3 is 3.15 bits per heavy atom. The van der Waals surface area contributed by atoms with E-state index in [2.05, 4.69) is 16.9 Å². The van der Waals surface area contributed by atoms with Crippen LogP contribution >= 0.6 is 0 Å². The molecule has 5 heteroatoms. The third kappa shape index (κ3) is 2.70. The van der Waals surface area contributed by atoms with E-state index in [0.29, 0.717) is 5.69 Å². The summed E-state index contributed by atoms with van der Waals surface area (Å²) in [4.78, 5) is 10.7. The van der Waals surface area contributed by atoms with Crippen molar-refractivity contribution in [3.63, 3.8) is 0 Å². The molecule has 0 aliphatic heterocycles. The minimum Gasteiger partial charge on any atom is -0.456 e. The van der Waals surface area contributed by atoms with Crippen molar-refractivity contribution in [3.05, 3.63) is 24.5 Å². The third-order valence-electron chi connectivity index (χ3n) is 1.44. The molecule has 1 aromatic heterocycles. The van der Waals surface area contributed by atoms with Gasteiger partial charge in [-0.15, -0.1) is 5.10 Å². The Bertz CT molecular complexity index is 306. The van der Waals surface area contributed by atoms with E-state index < -0.39 is 5.97 Å². The van der Waals surface area contributed by atoms with Gasteiger partial charge in [0.25, 0.3) is 0 Å². The lowest BCUT2D eigenvalue weighted by Crippen LogP contribution is -2.00. The summed E-state index contributed by atoms with van der Waals surface area (Å²) in [5.74, 6) is -0.453. The van der Waals surface area contributed by atoms with Gasteiger partial charge in [0.15, 0.2) is 0 Å². The average Bonchev–Trinajstić information content (AvgIpc) is 2.61. The van der Waals surface area contributed by atoms with E-state index in [-0.39, 0.29) is 6.61 Å². The number of hydrogen-bond acceptors (Lipinski definition) is 4. The van der Waals surface area contributed by atoms with Gasteiger partial charge >= 0.3 is 5.97 Å². The molecule has 0 radical (unpaired) electrons. The first-order valence-corrected chi connectivity index (χ1v) is 3.94. The van der Waals surface area contributed by atoms with Crippen molar-refractivity contribution >= 4 is 5.97 Å². The van der Waals surface area contributed by atoms with Crippen LogP contribution in [0.5, 0.6) is 0 Å². The summed E-state index contributed by atoms with van der Waals surface area (Å²) in [7, 11) is 0. The van der Waals surface area contributed by atoms with Gasteiger partial charge in [-0.25, -0.2) is 4.79 Å². The van der Waals surface area contributed by atoms with Crippen molar-refractivity contribution < 1.29 is 9.53 Å². The number of esters is 1. The number of aromatic nitrogens is 3. The van der Waals surface area contributed by atoms with Crippen LogP contribution in [0.2, 0.25) is 0 Å². The molecule has 0 amide bonds. The second-order valence-corrected chi connectivity index (χ2v) is 2.38. The van der Waals surface area contributed by atoms with Gasteiger partial charge in [-0.2, -0.15) is 0 Å². The molecule has 1 aromatic rings. The van der Waals surface area contributed by atoms with Gasteiger partial charge < -0.3 is 4.74 Å². The van der Waals surface area contributed by atoms with Crippen LogP contribution in [-0.2, 0) is 22.7 Å². The molecule has 13 heavy (non-hydrogen) atoms. The molecule has 0 bridgehead atoms. The van der Waals surface area contributed by atoms with E-state index in [9.17, 15) is 4.79 Å². The van der Waals surface area contributed by atoms with Crippen molar-refractivity contribution in [2.45, 2.75) is 20.1 Å². The van der Waals surface area contributed by atoms with E-state index in [1.807, 2.05) is 6.92 Å². The summed E-state index contributed by atoms with van der Waals surface area (Å²) in [6.07, 6.45) is 2.85. The second-order valence-electron chi connectivity index (χ2n) is 2.38. The molecule has 0 saturated carbocycles. The first-order chi connectivity index (χ1) is 6.26. The van der Waals surface area contributed by atoms with Crippen LogP contribution in [0.25, 0.3) is 0 Å². The summed E-state index contributed by atoms with van der Waals surface area (Å²) in [6, 6.07) is 0. The Morgan fingerprint density at radius 1 is 1.85 bits per heavy atom. The topological polar surface area (TPSA) is 57.0 Å². The molecule has 0 atom stereocenters. The Balaban J connectivity index is 2.45. The number of carbonyl (C=O) groups excluding carboxylic acids is 1. The molecule has 1 rings (SSSR count). The number of aryl methyl sites for hydroxylation is 1. The molecular weight excluding hydrogens is 170 g/mol. The Hall–Kier alpha value is -1.65. The van der Waals surface area contributed by atoms with Crippen LogP contribution in [0.1, 0.15) is 12.6 Å². The molecule has 0 saturated heterocycles. The molecule has 0 aliphatic carbocycles. The minimum absolute atomic E-state index is 0.144. The Labute approximate surface area is 76.0 Å². The quantitative estimate of drug-likeness (QED) is 0.502. The van der Waals surface area contributed by atoms with Crippen molar-refractivity contribution in [2.24, 2.45) is 0 Å². The highest BCUT2D eigenvalue weighted by Crippen LogP contribution is 1.96. The van der Waals surface area contributed by atoms with Crippen molar-refractivity contribution in [1.82, 2.24) is 15.0 Å². The molecule has 0 aliphatic rings. The van der Waals surface area contributed by atoms with E-state index in [1.54, 1.807) is 10.9 Å². The predicted molar refractivity (Wildman–Crippen MR) is 45.7 cm³/mol. The van der Waals surface area contributed by atoms with Gasteiger partial charge in [0.2, 0.25) is 0 Å². The number of hydrogen-bond donors (Lipinski definition) is 0. The monoisotopic (exact) mass is 181 g/mol. The summed E-state index contributed by atoms with van der Waals surface area (Å²) >= 11 is 0. The summed E-state index contributed by atoms with van der Waals surface area (Å²) < 4.78 is 6.43. The zero-order valence-corrected chi connectivity index (χ0v) is 7.43. The summed E-state index contributed by atoms with van der Waals surface area (Å²) in [6.45, 7) is 6.13. The van der Waals surface area contributed by atoms with Gasteiger partial charge in [0.1, 0.15) is 12.3 Å². The standard InChI is InChI=1S/C8H11N3O2/c1-3-8(12)13-6-7-5-11(4-2)10-9-7/h3,5H,1,4,6H2,2H3. The fourth-order valence-electron chi connectivity index (χ4n) is 0.763. The SMILES string of the molecule is C=CC(=O)OCc1cn(CC)nn1. The molecule has 0 spiro atoms. The van der Waals surface area contributed by atoms with Crippen LogP contribution in [0.3, 0.4) is 0 Å². The normalized spacial score (nSPS) is 9.62. The maximum Gasteiger partial charge on any atom is 0.330 e. The lowest BCUT2D eigenvalue weighted by molar-refractivity contribution is -0.139. The lowest BCUT2D eigenvalue weighted by atomic mass is 10.5. The van der Waals surface area contributed by atoms with Crippen LogP contribution in [0, 0.1) is 0 Å². The molecule has 0 aromatic carbocycles. The Morgan fingerprint density at radius 2 is 2.62 bits per heavy atom. The van der Waals surface area contributed by atoms with Crippen LogP contribution in [0.15, 0.2) is 18.9 Å². The molecule has 0 N–H and O–H groups in total. The fourth-order valence-corrected chi connectivity index (χ4v) is 0.763. The van der Waals surface area contributed by atoms with Gasteiger partial charge in [-0.3, -0.25) is 4.68 Å². The van der Waals surface area contributed by atoms with E-state index >= 15 is 0 Å². The molecule has 0 fully saturated rings. The zero-order valence-electron chi connectivity index (χ0n) is 7.43. The first kappa shape index (κ1) is 9.44. The van der Waals surface area contributed by atoms with E-state index in [4.69, 9.17) is 4.74 Å². The molecule has 0 unspecified atom stereocenters. The lowest BCUT2D eigenvalue weighted by Gasteiger charge is -1.95. The van der Waals surface area contributed by atoms with Gasteiger partial charge in [0.05, 0.1) is 6.20 Å². The first-order valence-electron chi connectivity index (χ1n) is 3.94. The van der Waals surface area contributed by atoms with Crippen LogP contribution in [0.4, 0.5) is 0 Å². The third-order valence-corrected chi connectivity index (χ3v) is 1.44. The minimum atomic E-state index is -0.453. The highest BCUT2D eigenvalue weighted by Gasteiger charge is 2.01. The van der Waals surface area contributed by atoms with Crippen molar-refractivity contribution in [3.8, 4) is 0 Å². The largest absolute Gasteiger partial charge is 0.456 e. The van der Waals surface area contributed by atoms with E-state index in [0.717, 1.165) is 12.6 Å². The number of carbonyl (C=O) groups is 1. The van der Waals surface area contributed by atoms with Crippen molar-refractivity contribution in [1.29, 1.82) is 0 Å². The summed E-state index contributed by atoms with van der Waals surface area (Å²) in [5, 5.41) is 7.58. The summed E-state index contributed by atoms with van der Waals surface area (Å²) in [5.41, 5.74) is 0.636. The predicted octanol–water partition coefficient (Wildman–Crippen LogP) is 0.527. The molecular formula is C8H11N3O2. The fraction of sp³-hybridized carbons (Fsp3) is 0.375. The average molecular weight is 181 g/mol. The molecule has 1 heterocycles. The number of rotatable bonds is 4. The zero-order chi connectivity index (χ0) is 9.68. The van der Waals surface area contributed by atoms with Crippen molar-refractivity contribution in [2.75, 3.05) is 0 Å². The maximum atomic E-state index is 10.7. The highest BCUT2D eigenvalue weighted by atomic mass is 16.5. The Kier molecular flexibility index (Phi) is 3.19. The van der Waals surface area contributed by atoms with Gasteiger partial charge in [0, 0.05) is 12.6 Å².